The molecule has 0 unspecified atom stereocenters. The Morgan fingerprint density at radius 2 is 1.57 bits per heavy atom. The van der Waals surface area contributed by atoms with Crippen LogP contribution in [-0.2, 0) is 6.18 Å². The minimum Gasteiger partial charge on any atom is -0.399 e. The smallest absolute Gasteiger partial charge is 0.399 e. The molecule has 6 heteroatoms. The molecule has 3 aromatic rings. The van der Waals surface area contributed by atoms with E-state index >= 15 is 0 Å². The maximum absolute atomic E-state index is 13.2. The lowest BCUT2D eigenvalue weighted by Gasteiger charge is -2.09. The molecule has 3 rings (SSSR count). The molecule has 0 atom stereocenters. The summed E-state index contributed by atoms with van der Waals surface area (Å²) in [5.74, 6) is 0. The topological polar surface area (TPSA) is 43.8 Å². The first-order valence-corrected chi connectivity index (χ1v) is 6.96. The molecule has 0 saturated heterocycles. The number of nitrogen functional groups attached to an aromatic ring is 1. The van der Waals surface area contributed by atoms with E-state index in [9.17, 15) is 13.2 Å². The van der Waals surface area contributed by atoms with Crippen molar-refractivity contribution in [3.8, 4) is 16.9 Å². The summed E-state index contributed by atoms with van der Waals surface area (Å²) in [7, 11) is 0. The van der Waals surface area contributed by atoms with Crippen molar-refractivity contribution in [2.75, 3.05) is 5.73 Å². The molecule has 23 heavy (non-hydrogen) atoms. The van der Waals surface area contributed by atoms with Crippen LogP contribution in [0.3, 0.4) is 0 Å². The van der Waals surface area contributed by atoms with Crippen molar-refractivity contribution < 1.29 is 13.2 Å². The van der Waals surface area contributed by atoms with Crippen LogP contribution in [0, 0.1) is 6.92 Å². The number of rotatable bonds is 2. The molecule has 0 fully saturated rings. The van der Waals surface area contributed by atoms with E-state index in [2.05, 4.69) is 5.10 Å². The van der Waals surface area contributed by atoms with Crippen molar-refractivity contribution in [2.45, 2.75) is 13.1 Å². The average Bonchev–Trinajstić information content (AvgIpc) is 2.86. The van der Waals surface area contributed by atoms with Crippen LogP contribution in [0.4, 0.5) is 18.9 Å². The molecule has 1 heterocycles. The van der Waals surface area contributed by atoms with Crippen LogP contribution in [0.15, 0.2) is 54.6 Å². The van der Waals surface area contributed by atoms with E-state index in [0.717, 1.165) is 0 Å². The Balaban J connectivity index is 2.28. The summed E-state index contributed by atoms with van der Waals surface area (Å²) >= 11 is 0. The summed E-state index contributed by atoms with van der Waals surface area (Å²) in [6.07, 6.45) is -4.51. The average molecular weight is 317 g/mol. The fourth-order valence-corrected chi connectivity index (χ4v) is 2.50. The molecule has 0 aliphatic carbocycles. The number of hydrogen-bond donors (Lipinski definition) is 1. The zero-order valence-electron chi connectivity index (χ0n) is 12.3. The standard InChI is InChI=1S/C17H14F3N3/c1-11-15(12-5-3-2-4-6-12)23(22-16(11)17(18,19)20)14-9-7-13(21)8-10-14/h2-10H,21H2,1H3. The van der Waals surface area contributed by atoms with E-state index in [4.69, 9.17) is 5.73 Å². The van der Waals surface area contributed by atoms with Crippen molar-refractivity contribution >= 4 is 5.69 Å². The molecule has 3 nitrogen and oxygen atoms in total. The van der Waals surface area contributed by atoms with Gasteiger partial charge in [0.05, 0.1) is 11.4 Å². The Labute approximate surface area is 131 Å². The van der Waals surface area contributed by atoms with Crippen LogP contribution in [0.25, 0.3) is 16.9 Å². The minimum atomic E-state index is -4.51. The maximum atomic E-state index is 13.2. The molecule has 0 amide bonds. The molecule has 2 aromatic carbocycles. The number of anilines is 1. The Morgan fingerprint density at radius 1 is 0.957 bits per heavy atom. The van der Waals surface area contributed by atoms with Crippen molar-refractivity contribution in [3.63, 3.8) is 0 Å². The predicted octanol–water partition coefficient (Wildman–Crippen LogP) is 4.45. The third kappa shape index (κ3) is 2.79. The highest BCUT2D eigenvalue weighted by atomic mass is 19.4. The Morgan fingerprint density at radius 3 is 2.13 bits per heavy atom. The van der Waals surface area contributed by atoms with Crippen molar-refractivity contribution in [1.29, 1.82) is 0 Å². The van der Waals surface area contributed by atoms with Gasteiger partial charge in [-0.05, 0) is 31.2 Å². The number of nitrogens with zero attached hydrogens (tertiary/aromatic N) is 2. The molecule has 0 radical (unpaired) electrons. The van der Waals surface area contributed by atoms with E-state index in [1.54, 1.807) is 48.5 Å². The van der Waals surface area contributed by atoms with Gasteiger partial charge in [0.1, 0.15) is 0 Å². The predicted molar refractivity (Wildman–Crippen MR) is 83.2 cm³/mol. The normalized spacial score (nSPS) is 11.7. The lowest BCUT2D eigenvalue weighted by molar-refractivity contribution is -0.141. The van der Waals surface area contributed by atoms with Gasteiger partial charge in [-0.2, -0.15) is 18.3 Å². The van der Waals surface area contributed by atoms with Gasteiger partial charge >= 0.3 is 6.18 Å². The molecule has 1 aromatic heterocycles. The number of nitrogens with two attached hydrogens (primary N) is 1. The second-order valence-electron chi connectivity index (χ2n) is 5.19. The van der Waals surface area contributed by atoms with Gasteiger partial charge in [-0.1, -0.05) is 30.3 Å². The summed E-state index contributed by atoms with van der Waals surface area (Å²) in [6, 6.07) is 15.5. The molecular formula is C17H14F3N3. The summed E-state index contributed by atoms with van der Waals surface area (Å²) in [5, 5.41) is 3.81. The van der Waals surface area contributed by atoms with Crippen molar-refractivity contribution in [1.82, 2.24) is 9.78 Å². The van der Waals surface area contributed by atoms with Gasteiger partial charge in [0, 0.05) is 16.8 Å². The molecular weight excluding hydrogens is 303 g/mol. The van der Waals surface area contributed by atoms with Gasteiger partial charge in [0.15, 0.2) is 5.69 Å². The van der Waals surface area contributed by atoms with Gasteiger partial charge in [-0.15, -0.1) is 0 Å². The zero-order valence-corrected chi connectivity index (χ0v) is 12.3. The fraction of sp³-hybridized carbons (Fsp3) is 0.118. The number of alkyl halides is 3. The lowest BCUT2D eigenvalue weighted by atomic mass is 10.1. The number of hydrogen-bond acceptors (Lipinski definition) is 2. The highest BCUT2D eigenvalue weighted by Crippen LogP contribution is 2.37. The first kappa shape index (κ1) is 15.1. The van der Waals surface area contributed by atoms with Crippen molar-refractivity contribution in [2.24, 2.45) is 0 Å². The third-order valence-electron chi connectivity index (χ3n) is 3.58. The van der Waals surface area contributed by atoms with Gasteiger partial charge in [0.2, 0.25) is 0 Å². The summed E-state index contributed by atoms with van der Waals surface area (Å²) in [6.45, 7) is 1.44. The van der Waals surface area contributed by atoms with Crippen molar-refractivity contribution in [3.05, 3.63) is 65.9 Å². The summed E-state index contributed by atoms with van der Waals surface area (Å²) in [5.41, 5.74) is 7.02. The highest BCUT2D eigenvalue weighted by Gasteiger charge is 2.38. The largest absolute Gasteiger partial charge is 0.435 e. The Bertz CT molecular complexity index is 819. The van der Waals surface area contributed by atoms with E-state index in [-0.39, 0.29) is 5.56 Å². The molecule has 118 valence electrons. The number of aromatic nitrogens is 2. The first-order chi connectivity index (χ1) is 10.9. The van der Waals surface area contributed by atoms with E-state index in [0.29, 0.717) is 22.6 Å². The SMILES string of the molecule is Cc1c(C(F)(F)F)nn(-c2ccc(N)cc2)c1-c1ccccc1. The second-order valence-corrected chi connectivity index (χ2v) is 5.19. The number of halogens is 3. The van der Waals surface area contributed by atoms with Gasteiger partial charge in [0.25, 0.3) is 0 Å². The van der Waals surface area contributed by atoms with Crippen LogP contribution >= 0.6 is 0 Å². The Hall–Kier alpha value is -2.76. The van der Waals surface area contributed by atoms with Crippen LogP contribution in [-0.4, -0.2) is 9.78 Å². The lowest BCUT2D eigenvalue weighted by Crippen LogP contribution is -2.08. The van der Waals surface area contributed by atoms with Gasteiger partial charge in [-0.25, -0.2) is 4.68 Å². The van der Waals surface area contributed by atoms with Crippen LogP contribution < -0.4 is 5.73 Å². The monoisotopic (exact) mass is 317 g/mol. The highest BCUT2D eigenvalue weighted by molar-refractivity contribution is 5.67. The maximum Gasteiger partial charge on any atom is 0.435 e. The van der Waals surface area contributed by atoms with Crippen LogP contribution in [0.1, 0.15) is 11.3 Å². The molecule has 0 aliphatic rings. The van der Waals surface area contributed by atoms with Crippen LogP contribution in [0.5, 0.6) is 0 Å². The first-order valence-electron chi connectivity index (χ1n) is 6.96. The molecule has 0 spiro atoms. The van der Waals surface area contributed by atoms with Gasteiger partial charge in [-0.3, -0.25) is 0 Å². The third-order valence-corrected chi connectivity index (χ3v) is 3.58. The van der Waals surface area contributed by atoms with E-state index in [1.165, 1.54) is 11.6 Å². The Kier molecular flexibility index (Phi) is 3.60. The molecule has 2 N–H and O–H groups in total. The molecule has 0 bridgehead atoms. The van der Waals surface area contributed by atoms with Crippen LogP contribution in [0.2, 0.25) is 0 Å². The fourth-order valence-electron chi connectivity index (χ4n) is 2.50. The summed E-state index contributed by atoms with van der Waals surface area (Å²) < 4.78 is 41.0. The summed E-state index contributed by atoms with van der Waals surface area (Å²) in [4.78, 5) is 0. The quantitative estimate of drug-likeness (QED) is 0.710. The minimum absolute atomic E-state index is 0.0977. The second kappa shape index (κ2) is 5.46. The zero-order chi connectivity index (χ0) is 16.6. The van der Waals surface area contributed by atoms with E-state index in [1.807, 2.05) is 6.07 Å². The molecule has 0 saturated carbocycles. The van der Waals surface area contributed by atoms with E-state index < -0.39 is 11.9 Å². The number of benzene rings is 2. The van der Waals surface area contributed by atoms with Gasteiger partial charge < -0.3 is 5.73 Å². The molecule has 0 aliphatic heterocycles.